The maximum atomic E-state index is 2.53. The topological polar surface area (TPSA) is 0 Å². The highest BCUT2D eigenvalue weighted by atomic mass is 14.4. The third kappa shape index (κ3) is 4.17. The normalized spacial score (nSPS) is 13.7. The van der Waals surface area contributed by atoms with E-state index in [1.165, 1.54) is 154 Å². The second-order valence-corrected chi connectivity index (χ2v) is 18.6. The lowest BCUT2D eigenvalue weighted by molar-refractivity contribution is 0.660. The Kier molecular flexibility index (Phi) is 6.32. The summed E-state index contributed by atoms with van der Waals surface area (Å²) in [5, 5.41) is 13.3. The smallest absolute Gasteiger partial charge is 0.0159 e. The van der Waals surface area contributed by atoms with Gasteiger partial charge in [-0.25, -0.2) is 0 Å². The predicted molar refractivity (Wildman–Crippen MR) is 268 cm³/mol. The summed E-state index contributed by atoms with van der Waals surface area (Å²) in [5.74, 6) is 0. The van der Waals surface area contributed by atoms with Crippen molar-refractivity contribution in [3.8, 4) is 89.0 Å². The fourth-order valence-corrected chi connectivity index (χ4v) is 12.6. The SMILES string of the molecule is CC1(C)c2ccccc2-c2cc3c(cc21)-c1ccc2ccc4c(-c5ccc6c7c(cccc57)-c5c-6c(-c6ccccc6)c6ccccc6c5-c5ccccc5)ccc5cc-3c1c2c54. The first-order chi connectivity index (χ1) is 31.0. The molecular weight excluding hydrogens is 757 g/mol. The summed E-state index contributed by atoms with van der Waals surface area (Å²) in [6.45, 7) is 4.78. The summed E-state index contributed by atoms with van der Waals surface area (Å²) >= 11 is 0. The minimum absolute atomic E-state index is 0.0452. The monoisotopic (exact) mass is 794 g/mol. The average molecular weight is 795 g/mol. The molecule has 3 aliphatic carbocycles. The van der Waals surface area contributed by atoms with Crippen molar-refractivity contribution in [1.82, 2.24) is 0 Å². The van der Waals surface area contributed by atoms with Crippen LogP contribution in [-0.2, 0) is 5.41 Å². The summed E-state index contributed by atoms with van der Waals surface area (Å²) in [6.07, 6.45) is 0. The third-order valence-electron chi connectivity index (χ3n) is 15.3. The Morgan fingerprint density at radius 2 is 0.794 bits per heavy atom. The minimum Gasteiger partial charge on any atom is -0.0622 e. The molecule has 0 radical (unpaired) electrons. The van der Waals surface area contributed by atoms with Gasteiger partial charge in [0.1, 0.15) is 0 Å². The van der Waals surface area contributed by atoms with Crippen LogP contribution < -0.4 is 0 Å². The summed E-state index contributed by atoms with van der Waals surface area (Å²) in [5.41, 5.74) is 24.0. The van der Waals surface area contributed by atoms with Gasteiger partial charge in [-0.05, 0) is 172 Å². The highest BCUT2D eigenvalue weighted by Crippen LogP contribution is 2.60. The molecule has 0 spiro atoms. The highest BCUT2D eigenvalue weighted by Gasteiger charge is 2.38. The molecule has 63 heavy (non-hydrogen) atoms. The van der Waals surface area contributed by atoms with Gasteiger partial charge >= 0.3 is 0 Å². The lowest BCUT2D eigenvalue weighted by atomic mass is 9.81. The molecule has 15 rings (SSSR count). The van der Waals surface area contributed by atoms with Crippen LogP contribution in [-0.4, -0.2) is 0 Å². The van der Waals surface area contributed by atoms with Crippen molar-refractivity contribution < 1.29 is 0 Å². The van der Waals surface area contributed by atoms with Crippen molar-refractivity contribution in [1.29, 1.82) is 0 Å². The molecule has 0 N–H and O–H groups in total. The molecule has 0 amide bonds. The van der Waals surface area contributed by atoms with E-state index < -0.39 is 0 Å². The van der Waals surface area contributed by atoms with Gasteiger partial charge in [-0.15, -0.1) is 0 Å². The van der Waals surface area contributed by atoms with E-state index >= 15 is 0 Å². The van der Waals surface area contributed by atoms with Gasteiger partial charge in [-0.2, -0.15) is 0 Å². The first kappa shape index (κ1) is 33.9. The first-order valence-corrected chi connectivity index (χ1v) is 22.3. The maximum absolute atomic E-state index is 2.53. The molecule has 0 fully saturated rings. The number of hydrogen-bond acceptors (Lipinski definition) is 0. The Hall–Kier alpha value is -7.80. The second kappa shape index (κ2) is 11.8. The zero-order chi connectivity index (χ0) is 41.3. The standard InChI is InChI=1S/C63H38/c1-63(2)53-23-12-11-18-41(53)51-33-49-50(34-54(51)63)46-29-25-37-24-28-45-39(27-26-38-32-52(49)60(46)58(37)57(38)45)40-30-31-48-59-42(40)21-13-22-47(59)61-55(35-14-5-3-6-15-35)43-19-9-10-20-44(43)56(62(48)61)36-16-7-4-8-17-36/h3-34H,1-2H3. The first-order valence-electron chi connectivity index (χ1n) is 22.3. The molecule has 3 aliphatic rings. The molecule has 12 aromatic carbocycles. The number of hydrogen-bond donors (Lipinski definition) is 0. The van der Waals surface area contributed by atoms with E-state index in [0.29, 0.717) is 0 Å². The summed E-state index contributed by atoms with van der Waals surface area (Å²) in [7, 11) is 0. The number of fused-ring (bicyclic) bond motifs is 10. The van der Waals surface area contributed by atoms with Gasteiger partial charge in [-0.3, -0.25) is 0 Å². The van der Waals surface area contributed by atoms with Crippen molar-refractivity contribution in [3.63, 3.8) is 0 Å². The van der Waals surface area contributed by atoms with Crippen LogP contribution >= 0.6 is 0 Å². The van der Waals surface area contributed by atoms with Crippen LogP contribution in [0, 0.1) is 0 Å². The van der Waals surface area contributed by atoms with Crippen molar-refractivity contribution >= 4 is 53.9 Å². The molecule has 0 heterocycles. The molecule has 0 aliphatic heterocycles. The van der Waals surface area contributed by atoms with Crippen LogP contribution in [0.25, 0.3) is 143 Å². The largest absolute Gasteiger partial charge is 0.0622 e. The van der Waals surface area contributed by atoms with Crippen molar-refractivity contribution in [2.24, 2.45) is 0 Å². The summed E-state index contributed by atoms with van der Waals surface area (Å²) < 4.78 is 0. The van der Waals surface area contributed by atoms with Crippen molar-refractivity contribution in [3.05, 3.63) is 205 Å². The van der Waals surface area contributed by atoms with E-state index in [1.807, 2.05) is 0 Å². The minimum atomic E-state index is -0.0452. The fraction of sp³-hybridized carbons (Fsp3) is 0.0476. The lowest BCUT2D eigenvalue weighted by Gasteiger charge is -2.22. The number of rotatable bonds is 3. The molecule has 0 saturated heterocycles. The molecule has 0 atom stereocenters. The average Bonchev–Trinajstić information content (AvgIpc) is 3.91. The quantitative estimate of drug-likeness (QED) is 0.156. The van der Waals surface area contributed by atoms with Gasteiger partial charge in [0.25, 0.3) is 0 Å². The molecule has 0 aromatic heterocycles. The van der Waals surface area contributed by atoms with E-state index in [9.17, 15) is 0 Å². The van der Waals surface area contributed by atoms with E-state index in [4.69, 9.17) is 0 Å². The third-order valence-corrected chi connectivity index (χ3v) is 15.3. The zero-order valence-electron chi connectivity index (χ0n) is 35.0. The summed E-state index contributed by atoms with van der Waals surface area (Å²) in [6, 6.07) is 73.8. The molecule has 0 bridgehead atoms. The lowest BCUT2D eigenvalue weighted by Crippen LogP contribution is -2.14. The molecular formula is C63H38. The molecule has 0 heteroatoms. The molecule has 0 saturated carbocycles. The highest BCUT2D eigenvalue weighted by molar-refractivity contribution is 6.35. The van der Waals surface area contributed by atoms with Gasteiger partial charge in [0.15, 0.2) is 0 Å². The predicted octanol–water partition coefficient (Wildman–Crippen LogP) is 17.5. The molecule has 0 unspecified atom stereocenters. The van der Waals surface area contributed by atoms with Gasteiger partial charge in [0, 0.05) is 5.41 Å². The van der Waals surface area contributed by atoms with E-state index in [2.05, 4.69) is 208 Å². The zero-order valence-corrected chi connectivity index (χ0v) is 35.0. The molecule has 12 aromatic rings. The van der Waals surface area contributed by atoms with Crippen LogP contribution in [0.2, 0.25) is 0 Å². The number of benzene rings is 12. The Bertz CT molecular complexity index is 3920. The Balaban J connectivity index is 0.989. The summed E-state index contributed by atoms with van der Waals surface area (Å²) in [4.78, 5) is 0. The van der Waals surface area contributed by atoms with E-state index in [1.54, 1.807) is 0 Å². The second-order valence-electron chi connectivity index (χ2n) is 18.6. The van der Waals surface area contributed by atoms with Crippen molar-refractivity contribution in [2.75, 3.05) is 0 Å². The van der Waals surface area contributed by atoms with E-state index in [-0.39, 0.29) is 5.41 Å². The van der Waals surface area contributed by atoms with Gasteiger partial charge in [0.2, 0.25) is 0 Å². The van der Waals surface area contributed by atoms with Crippen LogP contribution in [0.1, 0.15) is 25.0 Å². The molecule has 290 valence electrons. The Labute approximate surface area is 365 Å². The van der Waals surface area contributed by atoms with E-state index in [0.717, 1.165) is 0 Å². The fourth-order valence-electron chi connectivity index (χ4n) is 12.6. The Morgan fingerprint density at radius 1 is 0.254 bits per heavy atom. The van der Waals surface area contributed by atoms with Crippen LogP contribution in [0.3, 0.4) is 0 Å². The maximum Gasteiger partial charge on any atom is 0.0159 e. The van der Waals surface area contributed by atoms with Crippen LogP contribution in [0.5, 0.6) is 0 Å². The van der Waals surface area contributed by atoms with Gasteiger partial charge in [0.05, 0.1) is 0 Å². The van der Waals surface area contributed by atoms with Crippen LogP contribution in [0.15, 0.2) is 194 Å². The van der Waals surface area contributed by atoms with Gasteiger partial charge in [-0.1, -0.05) is 190 Å². The van der Waals surface area contributed by atoms with Crippen LogP contribution in [0.4, 0.5) is 0 Å². The van der Waals surface area contributed by atoms with Gasteiger partial charge < -0.3 is 0 Å². The molecule has 0 nitrogen and oxygen atoms in total. The van der Waals surface area contributed by atoms with Crippen molar-refractivity contribution in [2.45, 2.75) is 19.3 Å². The Morgan fingerprint density at radius 3 is 1.54 bits per heavy atom.